The van der Waals surface area contributed by atoms with Crippen LogP contribution >= 0.6 is 11.6 Å². The van der Waals surface area contributed by atoms with E-state index in [4.69, 9.17) is 16.3 Å². The van der Waals surface area contributed by atoms with Crippen LogP contribution in [0.5, 0.6) is 0 Å². The predicted molar refractivity (Wildman–Crippen MR) is 82.2 cm³/mol. The average Bonchev–Trinajstić information content (AvgIpc) is 2.48. The number of aromatic nitrogens is 1. The van der Waals surface area contributed by atoms with Gasteiger partial charge in [-0.3, -0.25) is 0 Å². The van der Waals surface area contributed by atoms with Gasteiger partial charge in [0, 0.05) is 40.1 Å². The van der Waals surface area contributed by atoms with Crippen molar-refractivity contribution in [2.75, 3.05) is 39.2 Å². The zero-order valence-corrected chi connectivity index (χ0v) is 13.7. The van der Waals surface area contributed by atoms with Crippen LogP contribution < -0.4 is 5.32 Å². The number of nitrogens with zero attached hydrogens (tertiary/aromatic N) is 2. The minimum Gasteiger partial charge on any atom is -0.384 e. The summed E-state index contributed by atoms with van der Waals surface area (Å²) >= 11 is 6.01. The molecule has 8 heteroatoms. The molecule has 21 heavy (non-hydrogen) atoms. The molecule has 0 unspecified atom stereocenters. The number of piperidine rings is 1. The van der Waals surface area contributed by atoms with Gasteiger partial charge in [0.25, 0.3) is 0 Å². The van der Waals surface area contributed by atoms with Gasteiger partial charge in [-0.15, -0.1) is 0 Å². The van der Waals surface area contributed by atoms with E-state index < -0.39 is 10.0 Å². The van der Waals surface area contributed by atoms with Gasteiger partial charge in [-0.05, 0) is 24.8 Å². The minimum atomic E-state index is -3.53. The summed E-state index contributed by atoms with van der Waals surface area (Å²) in [6, 6.07) is 1.44. The minimum absolute atomic E-state index is 0.136. The van der Waals surface area contributed by atoms with Gasteiger partial charge in [0.2, 0.25) is 10.0 Å². The Morgan fingerprint density at radius 1 is 1.48 bits per heavy atom. The molecule has 2 rings (SSSR count). The highest BCUT2D eigenvalue weighted by atomic mass is 35.5. The number of rotatable bonds is 5. The Balaban J connectivity index is 2.14. The van der Waals surface area contributed by atoms with Crippen molar-refractivity contribution in [1.82, 2.24) is 9.29 Å². The van der Waals surface area contributed by atoms with Crippen molar-refractivity contribution in [3.8, 4) is 0 Å². The van der Waals surface area contributed by atoms with Gasteiger partial charge in [-0.25, -0.2) is 13.4 Å². The van der Waals surface area contributed by atoms with Crippen molar-refractivity contribution in [3.63, 3.8) is 0 Å². The molecule has 118 valence electrons. The molecular formula is C13H20ClN3O3S. The molecule has 0 bridgehead atoms. The van der Waals surface area contributed by atoms with Crippen LogP contribution in [0.15, 0.2) is 17.2 Å². The molecule has 1 saturated heterocycles. The summed E-state index contributed by atoms with van der Waals surface area (Å²) in [5.41, 5.74) is 0. The van der Waals surface area contributed by atoms with E-state index in [2.05, 4.69) is 10.3 Å². The normalized spacial score (nSPS) is 17.9. The van der Waals surface area contributed by atoms with Crippen molar-refractivity contribution in [1.29, 1.82) is 0 Å². The molecule has 0 aliphatic carbocycles. The zero-order chi connectivity index (χ0) is 15.5. The van der Waals surface area contributed by atoms with E-state index in [1.54, 1.807) is 14.2 Å². The second kappa shape index (κ2) is 6.91. The number of sulfonamides is 1. The predicted octanol–water partition coefficient (Wildman–Crippen LogP) is 1.82. The summed E-state index contributed by atoms with van der Waals surface area (Å²) in [7, 11) is -0.180. The summed E-state index contributed by atoms with van der Waals surface area (Å²) in [4.78, 5) is 4.17. The first-order valence-electron chi connectivity index (χ1n) is 6.81. The third-order valence-corrected chi connectivity index (χ3v) is 5.82. The van der Waals surface area contributed by atoms with Crippen molar-refractivity contribution >= 4 is 27.4 Å². The molecule has 1 fully saturated rings. The maximum Gasteiger partial charge on any atom is 0.244 e. The van der Waals surface area contributed by atoms with Crippen molar-refractivity contribution in [2.45, 2.75) is 17.7 Å². The van der Waals surface area contributed by atoms with E-state index in [0.29, 0.717) is 36.5 Å². The quantitative estimate of drug-likeness (QED) is 0.890. The van der Waals surface area contributed by atoms with Gasteiger partial charge in [0.1, 0.15) is 10.7 Å². The number of ether oxygens (including phenoxy) is 1. The van der Waals surface area contributed by atoms with Gasteiger partial charge in [-0.1, -0.05) is 11.6 Å². The van der Waals surface area contributed by atoms with Gasteiger partial charge < -0.3 is 10.1 Å². The average molecular weight is 334 g/mol. The monoisotopic (exact) mass is 333 g/mol. The van der Waals surface area contributed by atoms with E-state index in [1.165, 1.54) is 16.6 Å². The Labute approximate surface area is 130 Å². The lowest BCUT2D eigenvalue weighted by atomic mass is 9.99. The van der Waals surface area contributed by atoms with Crippen molar-refractivity contribution < 1.29 is 13.2 Å². The standard InChI is InChI=1S/C13H20ClN3O3S/c1-15-13-12(14)7-11(8-16-13)21(18,19)17-5-3-10(4-6-17)9-20-2/h7-8,10H,3-6,9H2,1-2H3,(H,15,16). The molecule has 0 spiro atoms. The highest BCUT2D eigenvalue weighted by Gasteiger charge is 2.30. The first kappa shape index (κ1) is 16.5. The third-order valence-electron chi connectivity index (χ3n) is 3.67. The number of hydrogen-bond acceptors (Lipinski definition) is 5. The second-order valence-corrected chi connectivity index (χ2v) is 7.40. The van der Waals surface area contributed by atoms with Crippen molar-refractivity contribution in [2.24, 2.45) is 5.92 Å². The molecule has 6 nitrogen and oxygen atoms in total. The molecule has 1 aliphatic rings. The van der Waals surface area contributed by atoms with E-state index in [-0.39, 0.29) is 4.90 Å². The fourth-order valence-corrected chi connectivity index (χ4v) is 4.21. The van der Waals surface area contributed by atoms with Crippen LogP contribution in [-0.2, 0) is 14.8 Å². The van der Waals surface area contributed by atoms with Crippen molar-refractivity contribution in [3.05, 3.63) is 17.3 Å². The molecule has 0 atom stereocenters. The third kappa shape index (κ3) is 3.66. The molecule has 1 N–H and O–H groups in total. The topological polar surface area (TPSA) is 71.5 Å². The van der Waals surface area contributed by atoms with Crippen LogP contribution in [0, 0.1) is 5.92 Å². The Bertz CT molecular complexity index is 586. The summed E-state index contributed by atoms with van der Waals surface area (Å²) in [6.45, 7) is 1.68. The maximum atomic E-state index is 12.6. The molecule has 1 aliphatic heterocycles. The summed E-state index contributed by atoms with van der Waals surface area (Å²) in [5.74, 6) is 0.893. The first-order chi connectivity index (χ1) is 9.98. The number of pyridine rings is 1. The molecule has 1 aromatic rings. The summed E-state index contributed by atoms with van der Waals surface area (Å²) in [6.07, 6.45) is 2.96. The number of nitrogens with one attached hydrogen (secondary N) is 1. The molecular weight excluding hydrogens is 314 g/mol. The first-order valence-corrected chi connectivity index (χ1v) is 8.63. The zero-order valence-electron chi connectivity index (χ0n) is 12.2. The lowest BCUT2D eigenvalue weighted by molar-refractivity contribution is 0.121. The summed E-state index contributed by atoms with van der Waals surface area (Å²) < 4.78 is 31.8. The number of anilines is 1. The Hall–Kier alpha value is -0.890. The number of hydrogen-bond donors (Lipinski definition) is 1. The van der Waals surface area contributed by atoms with E-state index in [1.807, 2.05) is 0 Å². The molecule has 0 radical (unpaired) electrons. The highest BCUT2D eigenvalue weighted by Crippen LogP contribution is 2.27. The SMILES string of the molecule is CNc1ncc(S(=O)(=O)N2CCC(COC)CC2)cc1Cl. The fraction of sp³-hybridized carbons (Fsp3) is 0.615. The number of halogens is 1. The van der Waals surface area contributed by atoms with E-state index in [0.717, 1.165) is 12.8 Å². The van der Waals surface area contributed by atoms with Gasteiger partial charge in [0.05, 0.1) is 5.02 Å². The van der Waals surface area contributed by atoms with Gasteiger partial charge >= 0.3 is 0 Å². The van der Waals surface area contributed by atoms with E-state index in [9.17, 15) is 8.42 Å². The smallest absolute Gasteiger partial charge is 0.244 e. The Morgan fingerprint density at radius 3 is 2.67 bits per heavy atom. The largest absolute Gasteiger partial charge is 0.384 e. The summed E-state index contributed by atoms with van der Waals surface area (Å²) in [5, 5.41) is 3.11. The maximum absolute atomic E-state index is 12.6. The van der Waals surface area contributed by atoms with Crippen LogP contribution in [0.3, 0.4) is 0 Å². The van der Waals surface area contributed by atoms with Crippen LogP contribution in [0.1, 0.15) is 12.8 Å². The Kier molecular flexibility index (Phi) is 5.43. The molecule has 0 aromatic carbocycles. The molecule has 2 heterocycles. The van der Waals surface area contributed by atoms with Crippen LogP contribution in [-0.4, -0.2) is 51.6 Å². The van der Waals surface area contributed by atoms with Crippen LogP contribution in [0.2, 0.25) is 5.02 Å². The van der Waals surface area contributed by atoms with Crippen LogP contribution in [0.25, 0.3) is 0 Å². The highest BCUT2D eigenvalue weighted by molar-refractivity contribution is 7.89. The van der Waals surface area contributed by atoms with E-state index >= 15 is 0 Å². The number of methoxy groups -OCH3 is 1. The molecule has 0 saturated carbocycles. The van der Waals surface area contributed by atoms with Crippen LogP contribution in [0.4, 0.5) is 5.82 Å². The van der Waals surface area contributed by atoms with Gasteiger partial charge in [-0.2, -0.15) is 4.31 Å². The Morgan fingerprint density at radius 2 is 2.14 bits per heavy atom. The fourth-order valence-electron chi connectivity index (χ4n) is 2.45. The lowest BCUT2D eigenvalue weighted by Crippen LogP contribution is -2.39. The molecule has 1 aromatic heterocycles. The van der Waals surface area contributed by atoms with Gasteiger partial charge in [0.15, 0.2) is 0 Å². The molecule has 0 amide bonds. The lowest BCUT2D eigenvalue weighted by Gasteiger charge is -2.30. The second-order valence-electron chi connectivity index (χ2n) is 5.05.